The largest absolute Gasteiger partial charge is 0.300 e. The molecule has 0 amide bonds. The monoisotopic (exact) mass is 325 g/mol. The molecule has 2 aliphatic rings. The third-order valence-electron chi connectivity index (χ3n) is 4.80. The summed E-state index contributed by atoms with van der Waals surface area (Å²) in [4.78, 5) is 15.2. The quantitative estimate of drug-likeness (QED) is 0.802. The number of aryl methyl sites for hydroxylation is 1. The molecule has 3 rings (SSSR count). The first-order chi connectivity index (χ1) is 9.11. The number of halogens is 1. The van der Waals surface area contributed by atoms with E-state index in [0.717, 1.165) is 29.6 Å². The zero-order valence-electron chi connectivity index (χ0n) is 11.5. The summed E-state index contributed by atoms with van der Waals surface area (Å²) in [6.45, 7) is 2.76. The number of piperidine rings is 1. The summed E-state index contributed by atoms with van der Waals surface area (Å²) < 4.78 is 2.65. The maximum Gasteiger partial charge on any atom is 0.185 e. The van der Waals surface area contributed by atoms with Crippen LogP contribution in [0.4, 0.5) is 0 Å². The van der Waals surface area contributed by atoms with Crippen LogP contribution in [-0.2, 0) is 6.54 Å². The third kappa shape index (κ3) is 2.17. The first-order valence-corrected chi connectivity index (χ1v) is 7.88. The summed E-state index contributed by atoms with van der Waals surface area (Å²) in [6.07, 6.45) is 6.25. The van der Waals surface area contributed by atoms with E-state index in [2.05, 4.69) is 33.0 Å². The van der Waals surface area contributed by atoms with Gasteiger partial charge in [0.15, 0.2) is 5.78 Å². The number of nitrogens with zero attached hydrogens (tertiary/aromatic N) is 3. The normalized spacial score (nSPS) is 30.8. The summed E-state index contributed by atoms with van der Waals surface area (Å²) in [7, 11) is 2.20. The summed E-state index contributed by atoms with van der Waals surface area (Å²) in [5.74, 6) is 0.447. The molecule has 3 heterocycles. The topological polar surface area (TPSA) is 38.1 Å². The van der Waals surface area contributed by atoms with Crippen LogP contribution < -0.4 is 0 Å². The minimum Gasteiger partial charge on any atom is -0.300 e. The van der Waals surface area contributed by atoms with E-state index in [9.17, 15) is 4.79 Å². The zero-order chi connectivity index (χ0) is 13.6. The van der Waals surface area contributed by atoms with Gasteiger partial charge in [-0.05, 0) is 55.6 Å². The average Bonchev–Trinajstić information content (AvgIpc) is 2.84. The Morgan fingerprint density at radius 1 is 1.42 bits per heavy atom. The molecule has 2 fully saturated rings. The van der Waals surface area contributed by atoms with Crippen molar-refractivity contribution in [3.8, 4) is 0 Å². The van der Waals surface area contributed by atoms with E-state index in [0.29, 0.717) is 12.1 Å². The molecular formula is C14H20BrN3O. The molecule has 1 aromatic rings. The van der Waals surface area contributed by atoms with Gasteiger partial charge in [-0.3, -0.25) is 9.48 Å². The van der Waals surface area contributed by atoms with Gasteiger partial charge in [0.05, 0.1) is 10.7 Å². The van der Waals surface area contributed by atoms with Gasteiger partial charge in [-0.15, -0.1) is 0 Å². The van der Waals surface area contributed by atoms with E-state index in [1.807, 2.05) is 11.6 Å². The van der Waals surface area contributed by atoms with Crippen molar-refractivity contribution in [1.29, 1.82) is 0 Å². The molecule has 4 nitrogen and oxygen atoms in total. The molecule has 2 aliphatic heterocycles. The van der Waals surface area contributed by atoms with Gasteiger partial charge in [-0.2, -0.15) is 5.10 Å². The highest BCUT2D eigenvalue weighted by atomic mass is 79.9. The summed E-state index contributed by atoms with van der Waals surface area (Å²) >= 11 is 3.47. The second kappa shape index (κ2) is 5.02. The SMILES string of the molecule is CCn1ncc(Br)c1C(=O)C1CC2CCC(C1)N2C. The summed E-state index contributed by atoms with van der Waals surface area (Å²) in [6, 6.07) is 1.20. The van der Waals surface area contributed by atoms with Gasteiger partial charge < -0.3 is 4.90 Å². The number of carbonyl (C=O) groups is 1. The van der Waals surface area contributed by atoms with E-state index in [4.69, 9.17) is 0 Å². The zero-order valence-corrected chi connectivity index (χ0v) is 13.1. The molecule has 1 aromatic heterocycles. The van der Waals surface area contributed by atoms with Crippen LogP contribution >= 0.6 is 15.9 Å². The number of Topliss-reactive ketones (excluding diaryl/α,β-unsaturated/α-hetero) is 1. The lowest BCUT2D eigenvalue weighted by atomic mass is 9.86. The van der Waals surface area contributed by atoms with Crippen molar-refractivity contribution in [2.24, 2.45) is 5.92 Å². The van der Waals surface area contributed by atoms with Crippen molar-refractivity contribution in [2.75, 3.05) is 7.05 Å². The fraction of sp³-hybridized carbons (Fsp3) is 0.714. The van der Waals surface area contributed by atoms with Gasteiger partial charge in [0.1, 0.15) is 5.69 Å². The van der Waals surface area contributed by atoms with E-state index < -0.39 is 0 Å². The van der Waals surface area contributed by atoms with Gasteiger partial charge >= 0.3 is 0 Å². The van der Waals surface area contributed by atoms with Crippen LogP contribution in [0.5, 0.6) is 0 Å². The fourth-order valence-electron chi connectivity index (χ4n) is 3.67. The van der Waals surface area contributed by atoms with E-state index in [1.54, 1.807) is 6.20 Å². The maximum atomic E-state index is 12.8. The third-order valence-corrected chi connectivity index (χ3v) is 5.38. The van der Waals surface area contributed by atoms with Crippen LogP contribution in [0.2, 0.25) is 0 Å². The highest BCUT2D eigenvalue weighted by Crippen LogP contribution is 2.39. The first-order valence-electron chi connectivity index (χ1n) is 7.09. The van der Waals surface area contributed by atoms with Crippen molar-refractivity contribution < 1.29 is 4.79 Å². The molecule has 0 N–H and O–H groups in total. The molecule has 5 heteroatoms. The molecule has 0 radical (unpaired) electrons. The number of ketones is 1. The van der Waals surface area contributed by atoms with Gasteiger partial charge in [-0.1, -0.05) is 0 Å². The van der Waals surface area contributed by atoms with Gasteiger partial charge in [-0.25, -0.2) is 0 Å². The number of hydrogen-bond acceptors (Lipinski definition) is 3. The molecule has 0 spiro atoms. The summed E-state index contributed by atoms with van der Waals surface area (Å²) in [5, 5.41) is 4.26. The molecule has 19 heavy (non-hydrogen) atoms. The molecule has 2 saturated heterocycles. The Morgan fingerprint density at radius 2 is 2.05 bits per heavy atom. The Balaban J connectivity index is 1.83. The Kier molecular flexibility index (Phi) is 3.52. The lowest BCUT2D eigenvalue weighted by Gasteiger charge is -2.35. The number of rotatable bonds is 3. The maximum absolute atomic E-state index is 12.8. The van der Waals surface area contributed by atoms with Crippen molar-refractivity contribution >= 4 is 21.7 Å². The Labute approximate surface area is 122 Å². The number of hydrogen-bond donors (Lipinski definition) is 0. The number of carbonyl (C=O) groups excluding carboxylic acids is 1. The first kappa shape index (κ1) is 13.3. The lowest BCUT2D eigenvalue weighted by Crippen LogP contribution is -2.42. The second-order valence-electron chi connectivity index (χ2n) is 5.74. The predicted molar refractivity (Wildman–Crippen MR) is 77.2 cm³/mol. The van der Waals surface area contributed by atoms with Crippen molar-refractivity contribution in [1.82, 2.24) is 14.7 Å². The van der Waals surface area contributed by atoms with Crippen LogP contribution in [0.1, 0.15) is 43.1 Å². The molecule has 0 aromatic carbocycles. The molecule has 2 unspecified atom stereocenters. The molecule has 104 valence electrons. The Hall–Kier alpha value is -0.680. The van der Waals surface area contributed by atoms with Gasteiger partial charge in [0.2, 0.25) is 0 Å². The highest BCUT2D eigenvalue weighted by Gasteiger charge is 2.41. The highest BCUT2D eigenvalue weighted by molar-refractivity contribution is 9.10. The van der Waals surface area contributed by atoms with Crippen LogP contribution in [-0.4, -0.2) is 39.6 Å². The van der Waals surface area contributed by atoms with Gasteiger partial charge in [0, 0.05) is 24.5 Å². The number of aromatic nitrogens is 2. The minimum absolute atomic E-state index is 0.173. The van der Waals surface area contributed by atoms with Crippen molar-refractivity contribution in [2.45, 2.75) is 51.2 Å². The van der Waals surface area contributed by atoms with Gasteiger partial charge in [0.25, 0.3) is 0 Å². The standard InChI is InChI=1S/C14H20BrN3O/c1-3-18-13(12(15)8-16-18)14(19)9-6-10-4-5-11(7-9)17(10)2/h8-11H,3-7H2,1-2H3. The fourth-order valence-corrected chi connectivity index (χ4v) is 4.16. The van der Waals surface area contributed by atoms with E-state index in [1.165, 1.54) is 12.8 Å². The van der Waals surface area contributed by atoms with Crippen LogP contribution in [0.25, 0.3) is 0 Å². The van der Waals surface area contributed by atoms with E-state index in [-0.39, 0.29) is 11.7 Å². The molecule has 0 saturated carbocycles. The predicted octanol–water partition coefficient (Wildman–Crippen LogP) is 2.72. The molecule has 2 atom stereocenters. The minimum atomic E-state index is 0.173. The van der Waals surface area contributed by atoms with Crippen LogP contribution in [0.15, 0.2) is 10.7 Å². The molecule has 2 bridgehead atoms. The van der Waals surface area contributed by atoms with Crippen molar-refractivity contribution in [3.63, 3.8) is 0 Å². The Bertz CT molecular complexity index is 485. The second-order valence-corrected chi connectivity index (χ2v) is 6.59. The molecule has 0 aliphatic carbocycles. The number of fused-ring (bicyclic) bond motifs is 2. The lowest BCUT2D eigenvalue weighted by molar-refractivity contribution is 0.0755. The molecular weight excluding hydrogens is 306 g/mol. The van der Waals surface area contributed by atoms with E-state index >= 15 is 0 Å². The Morgan fingerprint density at radius 3 is 2.63 bits per heavy atom. The summed E-state index contributed by atoms with van der Waals surface area (Å²) in [5.41, 5.74) is 0.761. The van der Waals surface area contributed by atoms with Crippen LogP contribution in [0, 0.1) is 5.92 Å². The smallest absolute Gasteiger partial charge is 0.185 e. The average molecular weight is 326 g/mol. The van der Waals surface area contributed by atoms with Crippen LogP contribution in [0.3, 0.4) is 0 Å². The van der Waals surface area contributed by atoms with Crippen molar-refractivity contribution in [3.05, 3.63) is 16.4 Å².